The molecule has 0 unspecified atom stereocenters. The van der Waals surface area contributed by atoms with E-state index in [0.717, 1.165) is 55.8 Å². The predicted molar refractivity (Wildman–Crippen MR) is 99.3 cm³/mol. The van der Waals surface area contributed by atoms with Crippen LogP contribution in [0.4, 0.5) is 0 Å². The number of likely N-dealkylation sites (tertiary alicyclic amines) is 1. The zero-order valence-corrected chi connectivity index (χ0v) is 14.8. The Morgan fingerprint density at radius 1 is 1.00 bits per heavy atom. The second kappa shape index (κ2) is 6.24. The minimum absolute atomic E-state index is 0.171. The summed E-state index contributed by atoms with van der Waals surface area (Å²) in [4.78, 5) is 14.9. The first kappa shape index (κ1) is 15.6. The molecule has 0 bridgehead atoms. The molecule has 3 aromatic rings. The molecule has 1 aliphatic heterocycles. The van der Waals surface area contributed by atoms with E-state index in [2.05, 4.69) is 26.7 Å². The molecule has 26 heavy (non-hydrogen) atoms. The number of fused-ring (bicyclic) bond motifs is 2. The molecule has 5 nitrogen and oxygen atoms in total. The third-order valence-electron chi connectivity index (χ3n) is 5.83. The summed E-state index contributed by atoms with van der Waals surface area (Å²) in [5.74, 6) is 1.55. The Morgan fingerprint density at radius 3 is 2.73 bits per heavy atom. The predicted octanol–water partition coefficient (Wildman–Crippen LogP) is 3.24. The summed E-state index contributed by atoms with van der Waals surface area (Å²) in [6, 6.07) is 12.2. The fourth-order valence-corrected chi connectivity index (χ4v) is 4.37. The molecule has 2 aromatic heterocycles. The number of nitrogens with zero attached hydrogens (tertiary/aromatic N) is 4. The van der Waals surface area contributed by atoms with Crippen molar-refractivity contribution in [2.24, 2.45) is 0 Å². The first-order valence-electron chi connectivity index (χ1n) is 9.50. The minimum atomic E-state index is 0.171. The van der Waals surface area contributed by atoms with Crippen molar-refractivity contribution in [1.82, 2.24) is 19.5 Å². The van der Waals surface area contributed by atoms with Crippen LogP contribution in [0.3, 0.4) is 0 Å². The number of aromatic nitrogens is 3. The third kappa shape index (κ3) is 2.59. The lowest BCUT2D eigenvalue weighted by Gasteiger charge is -2.31. The number of hydrogen-bond donors (Lipinski definition) is 0. The standard InChI is InChI=1S/C21H22N4O/c26-21(18-8-7-15-4-3-5-17(15)14-18)24-12-9-16(10-13-24)20-23-22-19-6-1-2-11-25(19)20/h1-2,6-8,11,14,16H,3-5,9-10,12-13H2. The van der Waals surface area contributed by atoms with Gasteiger partial charge in [0.1, 0.15) is 5.82 Å². The van der Waals surface area contributed by atoms with Gasteiger partial charge in [-0.05, 0) is 67.5 Å². The summed E-state index contributed by atoms with van der Waals surface area (Å²) in [5, 5.41) is 8.66. The Balaban J connectivity index is 1.30. The van der Waals surface area contributed by atoms with Crippen LogP contribution in [0.25, 0.3) is 5.65 Å². The first-order chi connectivity index (χ1) is 12.8. The van der Waals surface area contributed by atoms with Gasteiger partial charge in [0, 0.05) is 30.8 Å². The van der Waals surface area contributed by atoms with E-state index >= 15 is 0 Å². The molecule has 5 rings (SSSR count). The van der Waals surface area contributed by atoms with Crippen LogP contribution in [0.1, 0.15) is 52.5 Å². The highest BCUT2D eigenvalue weighted by Crippen LogP contribution is 2.29. The van der Waals surface area contributed by atoms with Gasteiger partial charge in [-0.2, -0.15) is 0 Å². The molecule has 1 amide bonds. The molecule has 3 heterocycles. The van der Waals surface area contributed by atoms with Crippen LogP contribution in [0, 0.1) is 0 Å². The van der Waals surface area contributed by atoms with E-state index in [4.69, 9.17) is 0 Å². The van der Waals surface area contributed by atoms with E-state index < -0.39 is 0 Å². The van der Waals surface area contributed by atoms with Crippen LogP contribution in [0.5, 0.6) is 0 Å². The Bertz CT molecular complexity index is 969. The van der Waals surface area contributed by atoms with Gasteiger partial charge in [-0.15, -0.1) is 10.2 Å². The van der Waals surface area contributed by atoms with Crippen LogP contribution >= 0.6 is 0 Å². The topological polar surface area (TPSA) is 50.5 Å². The maximum absolute atomic E-state index is 12.9. The summed E-state index contributed by atoms with van der Waals surface area (Å²) in [6.45, 7) is 1.56. The van der Waals surface area contributed by atoms with Gasteiger partial charge in [-0.1, -0.05) is 12.1 Å². The van der Waals surface area contributed by atoms with Crippen molar-refractivity contribution in [3.63, 3.8) is 0 Å². The number of amides is 1. The molecule has 0 N–H and O–H groups in total. The molecule has 1 fully saturated rings. The van der Waals surface area contributed by atoms with Crippen LogP contribution in [0.15, 0.2) is 42.6 Å². The van der Waals surface area contributed by atoms with E-state index in [1.807, 2.05) is 35.4 Å². The minimum Gasteiger partial charge on any atom is -0.339 e. The Hall–Kier alpha value is -2.69. The number of carbonyl (C=O) groups is 1. The van der Waals surface area contributed by atoms with Crippen molar-refractivity contribution >= 4 is 11.6 Å². The Labute approximate surface area is 152 Å². The quantitative estimate of drug-likeness (QED) is 0.716. The van der Waals surface area contributed by atoms with Gasteiger partial charge in [-0.3, -0.25) is 9.20 Å². The average Bonchev–Trinajstić information content (AvgIpc) is 3.34. The van der Waals surface area contributed by atoms with Crippen molar-refractivity contribution in [3.8, 4) is 0 Å². The largest absolute Gasteiger partial charge is 0.339 e. The van der Waals surface area contributed by atoms with Crippen molar-refractivity contribution in [2.75, 3.05) is 13.1 Å². The number of carbonyl (C=O) groups excluding carboxylic acids is 1. The van der Waals surface area contributed by atoms with Crippen LogP contribution in [0.2, 0.25) is 0 Å². The lowest BCUT2D eigenvalue weighted by Crippen LogP contribution is -2.38. The highest BCUT2D eigenvalue weighted by Gasteiger charge is 2.27. The smallest absolute Gasteiger partial charge is 0.253 e. The van der Waals surface area contributed by atoms with Gasteiger partial charge in [0.25, 0.3) is 5.91 Å². The Morgan fingerprint density at radius 2 is 1.85 bits per heavy atom. The molecule has 0 radical (unpaired) electrons. The highest BCUT2D eigenvalue weighted by atomic mass is 16.2. The van der Waals surface area contributed by atoms with Gasteiger partial charge < -0.3 is 4.90 Å². The normalized spacial score (nSPS) is 17.6. The molecule has 2 aliphatic rings. The molecule has 0 atom stereocenters. The maximum Gasteiger partial charge on any atom is 0.253 e. The van der Waals surface area contributed by atoms with Crippen molar-refractivity contribution in [2.45, 2.75) is 38.0 Å². The van der Waals surface area contributed by atoms with E-state index in [1.54, 1.807) is 0 Å². The molecule has 1 aliphatic carbocycles. The monoisotopic (exact) mass is 346 g/mol. The maximum atomic E-state index is 12.9. The number of hydrogen-bond acceptors (Lipinski definition) is 3. The van der Waals surface area contributed by atoms with Gasteiger partial charge in [0.2, 0.25) is 0 Å². The first-order valence-corrected chi connectivity index (χ1v) is 9.50. The average molecular weight is 346 g/mol. The molecule has 132 valence electrons. The van der Waals surface area contributed by atoms with E-state index in [0.29, 0.717) is 5.92 Å². The van der Waals surface area contributed by atoms with Gasteiger partial charge in [-0.25, -0.2) is 0 Å². The molecule has 0 spiro atoms. The van der Waals surface area contributed by atoms with Crippen LogP contribution < -0.4 is 0 Å². The van der Waals surface area contributed by atoms with Gasteiger partial charge >= 0.3 is 0 Å². The molecule has 5 heteroatoms. The van der Waals surface area contributed by atoms with Crippen molar-refractivity contribution < 1.29 is 4.79 Å². The van der Waals surface area contributed by atoms with E-state index in [9.17, 15) is 4.79 Å². The van der Waals surface area contributed by atoms with Crippen molar-refractivity contribution in [3.05, 3.63) is 65.1 Å². The number of benzene rings is 1. The lowest BCUT2D eigenvalue weighted by atomic mass is 9.95. The summed E-state index contributed by atoms with van der Waals surface area (Å²) in [6.07, 6.45) is 7.37. The summed E-state index contributed by atoms with van der Waals surface area (Å²) >= 11 is 0. The fourth-order valence-electron chi connectivity index (χ4n) is 4.37. The molecule has 1 aromatic carbocycles. The highest BCUT2D eigenvalue weighted by molar-refractivity contribution is 5.94. The molecule has 0 saturated carbocycles. The van der Waals surface area contributed by atoms with Gasteiger partial charge in [0.15, 0.2) is 5.65 Å². The number of aryl methyl sites for hydroxylation is 2. The SMILES string of the molecule is O=C(c1ccc2c(c1)CCC2)N1CCC(c2nnc3ccccn23)CC1. The van der Waals surface area contributed by atoms with Gasteiger partial charge in [0.05, 0.1) is 0 Å². The Kier molecular flexibility index (Phi) is 3.73. The molecule has 1 saturated heterocycles. The lowest BCUT2D eigenvalue weighted by molar-refractivity contribution is 0.0711. The zero-order chi connectivity index (χ0) is 17.5. The van der Waals surface area contributed by atoms with Crippen LogP contribution in [-0.2, 0) is 12.8 Å². The number of piperidine rings is 1. The third-order valence-corrected chi connectivity index (χ3v) is 5.83. The number of pyridine rings is 1. The fraction of sp³-hybridized carbons (Fsp3) is 0.381. The summed E-state index contributed by atoms with van der Waals surface area (Å²) < 4.78 is 2.07. The summed E-state index contributed by atoms with van der Waals surface area (Å²) in [5.41, 5.74) is 4.51. The van der Waals surface area contributed by atoms with Crippen LogP contribution in [-0.4, -0.2) is 38.5 Å². The molecular weight excluding hydrogens is 324 g/mol. The second-order valence-corrected chi connectivity index (χ2v) is 7.39. The second-order valence-electron chi connectivity index (χ2n) is 7.39. The molecular formula is C21H22N4O. The number of rotatable bonds is 2. The van der Waals surface area contributed by atoms with Crippen molar-refractivity contribution in [1.29, 1.82) is 0 Å². The van der Waals surface area contributed by atoms with E-state index in [1.165, 1.54) is 17.5 Å². The van der Waals surface area contributed by atoms with E-state index in [-0.39, 0.29) is 5.91 Å². The zero-order valence-electron chi connectivity index (χ0n) is 14.8. The summed E-state index contributed by atoms with van der Waals surface area (Å²) in [7, 11) is 0.